The van der Waals surface area contributed by atoms with Gasteiger partial charge in [0.2, 0.25) is 5.91 Å². The molecule has 2 rings (SSSR count). The average Bonchev–Trinajstić information content (AvgIpc) is 2.69. The lowest BCUT2D eigenvalue weighted by atomic mass is 9.75. The van der Waals surface area contributed by atoms with Crippen molar-refractivity contribution in [2.24, 2.45) is 5.41 Å². The van der Waals surface area contributed by atoms with E-state index in [0.717, 1.165) is 13.1 Å². The summed E-state index contributed by atoms with van der Waals surface area (Å²) in [7, 11) is 0. The van der Waals surface area contributed by atoms with Crippen molar-refractivity contribution in [3.8, 4) is 0 Å². The standard InChI is InChI=1S/C17H32N2O/c1-14(16(20)19-12-6-4-5-7-13-19)18-15-8-10-17(2,3)11-9-15/h14-15,18H,4-13H2,1-3H3. The van der Waals surface area contributed by atoms with Gasteiger partial charge in [-0.25, -0.2) is 0 Å². The van der Waals surface area contributed by atoms with Crippen molar-refractivity contribution in [3.63, 3.8) is 0 Å². The molecule has 116 valence electrons. The van der Waals surface area contributed by atoms with Crippen molar-refractivity contribution in [1.82, 2.24) is 10.2 Å². The van der Waals surface area contributed by atoms with E-state index >= 15 is 0 Å². The molecule has 0 aromatic carbocycles. The monoisotopic (exact) mass is 280 g/mol. The summed E-state index contributed by atoms with van der Waals surface area (Å²) >= 11 is 0. The molecule has 3 heteroatoms. The van der Waals surface area contributed by atoms with Gasteiger partial charge in [-0.2, -0.15) is 0 Å². The van der Waals surface area contributed by atoms with Gasteiger partial charge in [-0.15, -0.1) is 0 Å². The molecule has 1 saturated carbocycles. The Hall–Kier alpha value is -0.570. The third-order valence-corrected chi connectivity index (χ3v) is 5.11. The molecule has 1 heterocycles. The molecule has 0 aromatic heterocycles. The highest BCUT2D eigenvalue weighted by atomic mass is 16.2. The van der Waals surface area contributed by atoms with E-state index in [1.54, 1.807) is 0 Å². The SMILES string of the molecule is CC(NC1CCC(C)(C)CC1)C(=O)N1CCCCCC1. The van der Waals surface area contributed by atoms with E-state index in [1.165, 1.54) is 51.4 Å². The Bertz CT molecular complexity index is 309. The van der Waals surface area contributed by atoms with Crippen LogP contribution in [0.4, 0.5) is 0 Å². The van der Waals surface area contributed by atoms with E-state index in [1.807, 2.05) is 6.92 Å². The second-order valence-corrected chi connectivity index (χ2v) is 7.57. The quantitative estimate of drug-likeness (QED) is 0.860. The van der Waals surface area contributed by atoms with Crippen LogP contribution in [-0.4, -0.2) is 36.0 Å². The van der Waals surface area contributed by atoms with Gasteiger partial charge in [0.15, 0.2) is 0 Å². The van der Waals surface area contributed by atoms with E-state index in [-0.39, 0.29) is 6.04 Å². The number of nitrogens with zero attached hydrogens (tertiary/aromatic N) is 1. The Morgan fingerprint density at radius 2 is 1.65 bits per heavy atom. The maximum Gasteiger partial charge on any atom is 0.239 e. The molecule has 1 aliphatic carbocycles. The summed E-state index contributed by atoms with van der Waals surface area (Å²) in [5.41, 5.74) is 0.496. The molecule has 1 N–H and O–H groups in total. The number of hydrogen-bond donors (Lipinski definition) is 1. The van der Waals surface area contributed by atoms with Crippen LogP contribution >= 0.6 is 0 Å². The Morgan fingerprint density at radius 1 is 1.10 bits per heavy atom. The lowest BCUT2D eigenvalue weighted by molar-refractivity contribution is -0.133. The maximum atomic E-state index is 12.5. The summed E-state index contributed by atoms with van der Waals surface area (Å²) in [6, 6.07) is 0.522. The maximum absolute atomic E-state index is 12.5. The number of rotatable bonds is 3. The molecule has 1 saturated heterocycles. The molecular formula is C17H32N2O. The van der Waals surface area contributed by atoms with Crippen LogP contribution < -0.4 is 5.32 Å². The average molecular weight is 280 g/mol. The summed E-state index contributed by atoms with van der Waals surface area (Å²) in [6.07, 6.45) is 9.89. The molecule has 1 unspecified atom stereocenters. The van der Waals surface area contributed by atoms with Gasteiger partial charge < -0.3 is 10.2 Å². The summed E-state index contributed by atoms with van der Waals surface area (Å²) in [5, 5.41) is 3.58. The van der Waals surface area contributed by atoms with Crippen molar-refractivity contribution < 1.29 is 4.79 Å². The van der Waals surface area contributed by atoms with Crippen LogP contribution in [0.25, 0.3) is 0 Å². The van der Waals surface area contributed by atoms with Crippen molar-refractivity contribution in [2.75, 3.05) is 13.1 Å². The van der Waals surface area contributed by atoms with Gasteiger partial charge in [-0.1, -0.05) is 26.7 Å². The van der Waals surface area contributed by atoms with Gasteiger partial charge in [0.05, 0.1) is 6.04 Å². The predicted octanol–water partition coefficient (Wildman–Crippen LogP) is 3.34. The molecule has 2 aliphatic rings. The van der Waals surface area contributed by atoms with E-state index in [0.29, 0.717) is 17.4 Å². The minimum Gasteiger partial charge on any atom is -0.341 e. The fourth-order valence-corrected chi connectivity index (χ4v) is 3.56. The van der Waals surface area contributed by atoms with Crippen molar-refractivity contribution >= 4 is 5.91 Å². The van der Waals surface area contributed by atoms with Crippen molar-refractivity contribution in [2.45, 2.75) is 84.2 Å². The fourth-order valence-electron chi connectivity index (χ4n) is 3.56. The van der Waals surface area contributed by atoms with E-state index in [9.17, 15) is 4.79 Å². The van der Waals surface area contributed by atoms with Crippen molar-refractivity contribution in [3.05, 3.63) is 0 Å². The zero-order chi connectivity index (χ0) is 14.6. The molecule has 0 radical (unpaired) electrons. The minimum absolute atomic E-state index is 0.0145. The smallest absolute Gasteiger partial charge is 0.239 e. The molecular weight excluding hydrogens is 248 g/mol. The lowest BCUT2D eigenvalue weighted by Gasteiger charge is -2.36. The van der Waals surface area contributed by atoms with Crippen LogP contribution in [0.15, 0.2) is 0 Å². The van der Waals surface area contributed by atoms with Gasteiger partial charge in [0.25, 0.3) is 0 Å². The van der Waals surface area contributed by atoms with Gasteiger partial charge in [0.1, 0.15) is 0 Å². The van der Waals surface area contributed by atoms with Crippen LogP contribution in [0.2, 0.25) is 0 Å². The van der Waals surface area contributed by atoms with Gasteiger partial charge in [0, 0.05) is 19.1 Å². The third kappa shape index (κ3) is 4.47. The molecule has 1 aliphatic heterocycles. The highest BCUT2D eigenvalue weighted by molar-refractivity contribution is 5.81. The Morgan fingerprint density at radius 3 is 2.20 bits per heavy atom. The molecule has 0 spiro atoms. The van der Waals surface area contributed by atoms with Crippen LogP contribution in [0.3, 0.4) is 0 Å². The number of hydrogen-bond acceptors (Lipinski definition) is 2. The van der Waals surface area contributed by atoms with Crippen LogP contribution in [0.1, 0.15) is 72.1 Å². The highest BCUT2D eigenvalue weighted by Crippen LogP contribution is 2.35. The third-order valence-electron chi connectivity index (χ3n) is 5.11. The molecule has 1 atom stereocenters. The van der Waals surface area contributed by atoms with Crippen LogP contribution in [-0.2, 0) is 4.79 Å². The minimum atomic E-state index is -0.0145. The number of nitrogens with one attached hydrogen (secondary N) is 1. The molecule has 0 bridgehead atoms. The molecule has 1 amide bonds. The largest absolute Gasteiger partial charge is 0.341 e. The van der Waals surface area contributed by atoms with E-state index < -0.39 is 0 Å². The summed E-state index contributed by atoms with van der Waals surface area (Å²) < 4.78 is 0. The van der Waals surface area contributed by atoms with Gasteiger partial charge >= 0.3 is 0 Å². The number of carbonyl (C=O) groups is 1. The second kappa shape index (κ2) is 6.93. The molecule has 3 nitrogen and oxygen atoms in total. The number of carbonyl (C=O) groups excluding carboxylic acids is 1. The van der Waals surface area contributed by atoms with Gasteiger partial charge in [-0.05, 0) is 50.9 Å². The lowest BCUT2D eigenvalue weighted by Crippen LogP contribution is -2.49. The summed E-state index contributed by atoms with van der Waals surface area (Å²) in [4.78, 5) is 14.6. The zero-order valence-electron chi connectivity index (χ0n) is 13.6. The predicted molar refractivity (Wildman–Crippen MR) is 83.7 cm³/mol. The Labute approximate surface area is 124 Å². The van der Waals surface area contributed by atoms with E-state index in [2.05, 4.69) is 24.1 Å². The first-order valence-corrected chi connectivity index (χ1v) is 8.53. The number of likely N-dealkylation sites (tertiary alicyclic amines) is 1. The van der Waals surface area contributed by atoms with Crippen LogP contribution in [0.5, 0.6) is 0 Å². The Balaban J connectivity index is 1.79. The molecule has 0 aromatic rings. The normalized spacial score (nSPS) is 26.1. The summed E-state index contributed by atoms with van der Waals surface area (Å²) in [6.45, 7) is 8.68. The first-order valence-electron chi connectivity index (χ1n) is 8.53. The number of amides is 1. The first kappa shape index (κ1) is 15.8. The summed E-state index contributed by atoms with van der Waals surface area (Å²) in [5.74, 6) is 0.316. The Kier molecular flexibility index (Phi) is 5.48. The fraction of sp³-hybridized carbons (Fsp3) is 0.941. The topological polar surface area (TPSA) is 32.3 Å². The molecule has 2 fully saturated rings. The van der Waals surface area contributed by atoms with Crippen molar-refractivity contribution in [1.29, 1.82) is 0 Å². The highest BCUT2D eigenvalue weighted by Gasteiger charge is 2.29. The van der Waals surface area contributed by atoms with Crippen LogP contribution in [0, 0.1) is 5.41 Å². The zero-order valence-corrected chi connectivity index (χ0v) is 13.6. The van der Waals surface area contributed by atoms with Gasteiger partial charge in [-0.3, -0.25) is 4.79 Å². The molecule has 20 heavy (non-hydrogen) atoms. The second-order valence-electron chi connectivity index (χ2n) is 7.57. The first-order chi connectivity index (χ1) is 9.48. The van der Waals surface area contributed by atoms with E-state index in [4.69, 9.17) is 0 Å².